The molecule has 0 atom stereocenters. The number of thioether (sulfide) groups is 1. The highest BCUT2D eigenvalue weighted by Crippen LogP contribution is 2.26. The lowest BCUT2D eigenvalue weighted by Gasteiger charge is -2.31. The number of aryl methyl sites for hydroxylation is 1. The first-order chi connectivity index (χ1) is 9.50. The molecule has 0 radical (unpaired) electrons. The normalized spacial score (nSPS) is 17.9. The van der Waals surface area contributed by atoms with Crippen molar-refractivity contribution in [1.82, 2.24) is 10.5 Å². The zero-order valence-electron chi connectivity index (χ0n) is 11.4. The summed E-state index contributed by atoms with van der Waals surface area (Å²) in [4.78, 5) is 11.8. The number of carbonyl (C=O) groups is 1. The minimum Gasteiger partial charge on any atom is -0.388 e. The largest absolute Gasteiger partial charge is 0.388 e. The highest BCUT2D eigenvalue weighted by Gasteiger charge is 2.29. The second-order valence-corrected chi connectivity index (χ2v) is 6.70. The molecule has 0 aromatic carbocycles. The maximum absolute atomic E-state index is 11.8. The van der Waals surface area contributed by atoms with Gasteiger partial charge in [-0.3, -0.25) is 4.79 Å². The van der Waals surface area contributed by atoms with Crippen LogP contribution in [0.1, 0.15) is 30.5 Å². The minimum absolute atomic E-state index is 0.0895. The summed E-state index contributed by atoms with van der Waals surface area (Å²) >= 11 is 7.68. The van der Waals surface area contributed by atoms with E-state index in [0.717, 1.165) is 29.9 Å². The monoisotopic (exact) mass is 318 g/mol. The van der Waals surface area contributed by atoms with E-state index < -0.39 is 5.60 Å². The van der Waals surface area contributed by atoms with E-state index in [1.165, 1.54) is 0 Å². The van der Waals surface area contributed by atoms with Crippen LogP contribution in [0.15, 0.2) is 4.52 Å². The molecule has 1 amide bonds. The summed E-state index contributed by atoms with van der Waals surface area (Å²) in [7, 11) is 0. The Morgan fingerprint density at radius 2 is 2.25 bits per heavy atom. The Bertz CT molecular complexity index is 453. The van der Waals surface area contributed by atoms with Crippen LogP contribution in [-0.4, -0.2) is 39.8 Å². The summed E-state index contributed by atoms with van der Waals surface area (Å²) in [5.74, 6) is 1.80. The number of halogens is 1. The van der Waals surface area contributed by atoms with Crippen LogP contribution in [0.5, 0.6) is 0 Å². The van der Waals surface area contributed by atoms with Crippen molar-refractivity contribution in [3.63, 3.8) is 0 Å². The van der Waals surface area contributed by atoms with Gasteiger partial charge in [0.1, 0.15) is 0 Å². The number of hydrogen-bond donors (Lipinski definition) is 2. The van der Waals surface area contributed by atoms with Gasteiger partial charge in [-0.2, -0.15) is 11.8 Å². The number of rotatable bonds is 5. The average molecular weight is 319 g/mol. The molecule has 1 aromatic heterocycles. The molecule has 0 unspecified atom stereocenters. The molecule has 2 heterocycles. The molecule has 0 aliphatic carbocycles. The number of aromatic nitrogens is 1. The Hall–Kier alpha value is -0.720. The van der Waals surface area contributed by atoms with Crippen molar-refractivity contribution in [3.05, 3.63) is 16.5 Å². The van der Waals surface area contributed by atoms with Crippen LogP contribution in [0.25, 0.3) is 0 Å². The average Bonchev–Trinajstić information content (AvgIpc) is 2.74. The third kappa shape index (κ3) is 4.14. The van der Waals surface area contributed by atoms with Crippen molar-refractivity contribution in [2.45, 2.75) is 38.2 Å². The number of hydrogen-bond acceptors (Lipinski definition) is 5. The Morgan fingerprint density at radius 1 is 1.55 bits per heavy atom. The molecule has 20 heavy (non-hydrogen) atoms. The number of nitrogens with zero attached hydrogens (tertiary/aromatic N) is 1. The van der Waals surface area contributed by atoms with Gasteiger partial charge in [0.2, 0.25) is 11.1 Å². The Labute approximate surface area is 127 Å². The van der Waals surface area contributed by atoms with Crippen molar-refractivity contribution in [2.75, 3.05) is 18.1 Å². The Kier molecular flexibility index (Phi) is 5.35. The summed E-state index contributed by atoms with van der Waals surface area (Å²) in [6, 6.07) is 0. The maximum Gasteiger partial charge on any atom is 0.229 e. The fourth-order valence-electron chi connectivity index (χ4n) is 2.16. The Balaban J connectivity index is 1.75. The smallest absolute Gasteiger partial charge is 0.229 e. The number of amides is 1. The zero-order chi connectivity index (χ0) is 14.6. The summed E-state index contributed by atoms with van der Waals surface area (Å²) in [5, 5.41) is 17.1. The molecular formula is C13H19ClN2O3S. The predicted molar refractivity (Wildman–Crippen MR) is 79.1 cm³/mol. The molecule has 2 N–H and O–H groups in total. The van der Waals surface area contributed by atoms with E-state index in [0.29, 0.717) is 25.1 Å². The van der Waals surface area contributed by atoms with Crippen LogP contribution in [0.2, 0.25) is 5.22 Å². The predicted octanol–water partition coefficient (Wildman–Crippen LogP) is 1.94. The molecule has 0 saturated carbocycles. The molecular weight excluding hydrogens is 300 g/mol. The third-order valence-electron chi connectivity index (χ3n) is 3.58. The van der Waals surface area contributed by atoms with Gasteiger partial charge in [0.25, 0.3) is 0 Å². The maximum atomic E-state index is 11.8. The number of aliphatic hydroxyl groups is 1. The molecule has 1 saturated heterocycles. The van der Waals surface area contributed by atoms with E-state index in [2.05, 4.69) is 10.5 Å². The fraction of sp³-hybridized carbons (Fsp3) is 0.692. The highest BCUT2D eigenvalue weighted by atomic mass is 35.5. The van der Waals surface area contributed by atoms with Crippen molar-refractivity contribution < 1.29 is 14.4 Å². The lowest BCUT2D eigenvalue weighted by molar-refractivity contribution is -0.122. The van der Waals surface area contributed by atoms with Crippen LogP contribution in [-0.2, 0) is 11.2 Å². The first-order valence-electron chi connectivity index (χ1n) is 6.68. The summed E-state index contributed by atoms with van der Waals surface area (Å²) < 4.78 is 4.84. The number of carbonyl (C=O) groups excluding carboxylic acids is 1. The fourth-order valence-corrected chi connectivity index (χ4v) is 3.68. The molecule has 112 valence electrons. The zero-order valence-corrected chi connectivity index (χ0v) is 13.0. The van der Waals surface area contributed by atoms with E-state index in [1.807, 2.05) is 11.8 Å². The van der Waals surface area contributed by atoms with Crippen LogP contribution in [0.3, 0.4) is 0 Å². The molecule has 1 aliphatic heterocycles. The molecule has 7 heteroatoms. The van der Waals surface area contributed by atoms with E-state index in [4.69, 9.17) is 16.1 Å². The summed E-state index contributed by atoms with van der Waals surface area (Å²) in [6.07, 6.45) is 2.27. The van der Waals surface area contributed by atoms with Gasteiger partial charge in [-0.25, -0.2) is 0 Å². The molecule has 1 aliphatic rings. The molecule has 0 bridgehead atoms. The lowest BCUT2D eigenvalue weighted by atomic mass is 9.97. The quantitative estimate of drug-likeness (QED) is 0.868. The van der Waals surface area contributed by atoms with Crippen LogP contribution >= 0.6 is 23.4 Å². The first kappa shape index (κ1) is 15.7. The van der Waals surface area contributed by atoms with Gasteiger partial charge in [0.05, 0.1) is 11.3 Å². The van der Waals surface area contributed by atoms with Gasteiger partial charge < -0.3 is 14.9 Å². The van der Waals surface area contributed by atoms with E-state index in [1.54, 1.807) is 6.92 Å². The second kappa shape index (κ2) is 6.83. The Morgan fingerprint density at radius 3 is 2.85 bits per heavy atom. The van der Waals surface area contributed by atoms with Crippen molar-refractivity contribution in [3.8, 4) is 0 Å². The summed E-state index contributed by atoms with van der Waals surface area (Å²) in [5.41, 5.74) is 0.742. The van der Waals surface area contributed by atoms with E-state index in [9.17, 15) is 9.90 Å². The molecule has 5 nitrogen and oxygen atoms in total. The van der Waals surface area contributed by atoms with Gasteiger partial charge >= 0.3 is 0 Å². The second-order valence-electron chi connectivity index (χ2n) is 5.13. The van der Waals surface area contributed by atoms with Gasteiger partial charge in [-0.05, 0) is 49.3 Å². The van der Waals surface area contributed by atoms with Crippen LogP contribution in [0, 0.1) is 6.92 Å². The molecule has 1 fully saturated rings. The summed E-state index contributed by atoms with van der Waals surface area (Å²) in [6.45, 7) is 2.12. The number of nitrogens with one attached hydrogen (secondary N) is 1. The van der Waals surface area contributed by atoms with Gasteiger partial charge in [0, 0.05) is 18.5 Å². The molecule has 1 aromatic rings. The van der Waals surface area contributed by atoms with Crippen LogP contribution < -0.4 is 5.32 Å². The van der Waals surface area contributed by atoms with Gasteiger partial charge in [0.15, 0.2) is 0 Å². The molecule has 0 spiro atoms. The molecule has 2 rings (SSSR count). The first-order valence-corrected chi connectivity index (χ1v) is 8.21. The topological polar surface area (TPSA) is 75.4 Å². The van der Waals surface area contributed by atoms with Gasteiger partial charge in [-0.1, -0.05) is 5.16 Å². The minimum atomic E-state index is -0.744. The van der Waals surface area contributed by atoms with Crippen molar-refractivity contribution in [1.29, 1.82) is 0 Å². The SMILES string of the molecule is Cc1noc(Cl)c1CCC(=O)NCC1(O)CCSCC1. The van der Waals surface area contributed by atoms with Crippen molar-refractivity contribution >= 4 is 29.3 Å². The van der Waals surface area contributed by atoms with Crippen LogP contribution in [0.4, 0.5) is 0 Å². The van der Waals surface area contributed by atoms with E-state index in [-0.39, 0.29) is 11.1 Å². The third-order valence-corrected chi connectivity index (χ3v) is 4.86. The van der Waals surface area contributed by atoms with E-state index >= 15 is 0 Å². The van der Waals surface area contributed by atoms with Gasteiger partial charge in [-0.15, -0.1) is 0 Å². The standard InChI is InChI=1S/C13H19ClN2O3S/c1-9-10(12(14)19-16-9)2-3-11(17)15-8-13(18)4-6-20-7-5-13/h18H,2-8H2,1H3,(H,15,17). The highest BCUT2D eigenvalue weighted by molar-refractivity contribution is 7.99. The lowest BCUT2D eigenvalue weighted by Crippen LogP contribution is -2.45. The van der Waals surface area contributed by atoms with Crippen molar-refractivity contribution in [2.24, 2.45) is 0 Å².